The van der Waals surface area contributed by atoms with Gasteiger partial charge in [-0.05, 0) is 36.4 Å². The summed E-state index contributed by atoms with van der Waals surface area (Å²) in [7, 11) is 1.57. The Kier molecular flexibility index (Phi) is 6.88. The van der Waals surface area contributed by atoms with Crippen LogP contribution in [0.1, 0.15) is 16.2 Å². The molecule has 34 heavy (non-hydrogen) atoms. The summed E-state index contributed by atoms with van der Waals surface area (Å²) >= 11 is 0. The number of imidazole rings is 1. The second kappa shape index (κ2) is 10.2. The number of H-pyrrole nitrogens is 1. The highest BCUT2D eigenvalue weighted by atomic mass is 16.4. The Morgan fingerprint density at radius 3 is 2.50 bits per heavy atom. The lowest BCUT2D eigenvalue weighted by atomic mass is 10.1. The predicted molar refractivity (Wildman–Crippen MR) is 132 cm³/mol. The number of amides is 1. The molecule has 0 unspecified atom stereocenters. The number of para-hydroxylation sites is 2. The molecule has 176 valence electrons. The molecule has 5 N–H and O–H groups in total. The molecule has 0 spiro atoms. The van der Waals surface area contributed by atoms with E-state index in [1.807, 2.05) is 41.3 Å². The zero-order valence-electron chi connectivity index (χ0n) is 18.9. The lowest BCUT2D eigenvalue weighted by Gasteiger charge is -2.35. The number of hydrogen-bond donors (Lipinski definition) is 4. The van der Waals surface area contributed by atoms with Crippen LogP contribution >= 0.6 is 0 Å². The minimum absolute atomic E-state index is 0.0591. The number of amidine groups is 1. The third kappa shape index (κ3) is 5.41. The van der Waals surface area contributed by atoms with Crippen molar-refractivity contribution < 1.29 is 14.7 Å². The van der Waals surface area contributed by atoms with Gasteiger partial charge >= 0.3 is 5.97 Å². The molecule has 0 bridgehead atoms. The molecular weight excluding hydrogens is 434 g/mol. The van der Waals surface area contributed by atoms with Crippen molar-refractivity contribution in [1.82, 2.24) is 20.2 Å². The number of aromatic nitrogens is 2. The number of aliphatic carboxylic acids is 1. The Balaban J connectivity index is 1.37. The molecule has 0 aliphatic carbocycles. The molecular formula is C24H27N7O3. The summed E-state index contributed by atoms with van der Waals surface area (Å²) in [5.41, 5.74) is 9.69. The van der Waals surface area contributed by atoms with Crippen molar-refractivity contribution in [2.75, 3.05) is 44.7 Å². The van der Waals surface area contributed by atoms with E-state index >= 15 is 0 Å². The Bertz CT molecular complexity index is 1210. The highest BCUT2D eigenvalue weighted by molar-refractivity contribution is 6.12. The van der Waals surface area contributed by atoms with E-state index in [4.69, 9.17) is 10.8 Å². The lowest BCUT2D eigenvalue weighted by molar-refractivity contribution is -0.138. The molecule has 1 saturated heterocycles. The van der Waals surface area contributed by atoms with Crippen molar-refractivity contribution >= 4 is 40.1 Å². The van der Waals surface area contributed by atoms with E-state index in [2.05, 4.69) is 25.2 Å². The van der Waals surface area contributed by atoms with Crippen molar-refractivity contribution in [3.05, 3.63) is 66.0 Å². The van der Waals surface area contributed by atoms with Crippen LogP contribution in [0.3, 0.4) is 0 Å². The number of rotatable bonds is 6. The first-order chi connectivity index (χ1) is 16.4. The molecule has 1 aliphatic heterocycles. The molecule has 1 aromatic heterocycles. The number of aromatic amines is 1. The molecule has 1 aliphatic rings. The summed E-state index contributed by atoms with van der Waals surface area (Å²) in [4.78, 5) is 39.4. The summed E-state index contributed by atoms with van der Waals surface area (Å²) in [6.07, 6.45) is 1.57. The van der Waals surface area contributed by atoms with Gasteiger partial charge in [-0.2, -0.15) is 0 Å². The highest BCUT2D eigenvalue weighted by Gasteiger charge is 2.19. The number of benzene rings is 2. The van der Waals surface area contributed by atoms with E-state index < -0.39 is 5.97 Å². The number of aliphatic imine (C=N–C) groups is 1. The normalized spacial score (nSPS) is 15.5. The van der Waals surface area contributed by atoms with Gasteiger partial charge in [-0.1, -0.05) is 12.1 Å². The number of carboxylic acids is 1. The number of piperazine rings is 1. The molecule has 10 heteroatoms. The number of carbonyl (C=O) groups excluding carboxylic acids is 1. The minimum Gasteiger partial charge on any atom is -0.480 e. The van der Waals surface area contributed by atoms with Crippen molar-refractivity contribution in [2.24, 2.45) is 10.7 Å². The number of fused-ring (bicyclic) bond motifs is 1. The summed E-state index contributed by atoms with van der Waals surface area (Å²) in [5.74, 6) is -0.286. The fraction of sp³-hybridized carbons (Fsp3) is 0.250. The van der Waals surface area contributed by atoms with Crippen LogP contribution < -0.4 is 16.0 Å². The Labute approximate surface area is 196 Å². The summed E-state index contributed by atoms with van der Waals surface area (Å²) < 4.78 is 0. The quantitative estimate of drug-likeness (QED) is 0.322. The van der Waals surface area contributed by atoms with Gasteiger partial charge in [-0.25, -0.2) is 4.98 Å². The maximum absolute atomic E-state index is 12.7. The molecule has 2 heterocycles. The average molecular weight is 462 g/mol. The fourth-order valence-electron chi connectivity index (χ4n) is 3.83. The minimum atomic E-state index is -0.812. The monoisotopic (exact) mass is 461 g/mol. The summed E-state index contributed by atoms with van der Waals surface area (Å²) in [6.45, 7) is 2.89. The van der Waals surface area contributed by atoms with Crippen LogP contribution in [0.2, 0.25) is 0 Å². The number of hydrogen-bond acceptors (Lipinski definition) is 7. The molecule has 0 radical (unpaired) electrons. The van der Waals surface area contributed by atoms with E-state index in [-0.39, 0.29) is 12.5 Å². The third-order valence-corrected chi connectivity index (χ3v) is 5.66. The molecule has 0 saturated carbocycles. The van der Waals surface area contributed by atoms with Gasteiger partial charge < -0.3 is 26.0 Å². The third-order valence-electron chi connectivity index (χ3n) is 5.66. The average Bonchev–Trinajstić information content (AvgIpc) is 3.28. The summed E-state index contributed by atoms with van der Waals surface area (Å²) in [5, 5.41) is 11.7. The number of anilines is 1. The van der Waals surface area contributed by atoms with Gasteiger partial charge in [-0.3, -0.25) is 19.5 Å². The van der Waals surface area contributed by atoms with E-state index in [9.17, 15) is 9.59 Å². The zero-order valence-corrected chi connectivity index (χ0v) is 18.9. The van der Waals surface area contributed by atoms with Gasteiger partial charge in [0.05, 0.1) is 23.3 Å². The first-order valence-electron chi connectivity index (χ1n) is 10.9. The number of carbonyl (C=O) groups is 2. The van der Waals surface area contributed by atoms with Crippen LogP contribution in [0, 0.1) is 0 Å². The largest absolute Gasteiger partial charge is 0.480 e. The number of nitrogens with zero attached hydrogens (tertiary/aromatic N) is 4. The van der Waals surface area contributed by atoms with Gasteiger partial charge in [0.1, 0.15) is 5.84 Å². The van der Waals surface area contributed by atoms with Gasteiger partial charge in [0.2, 0.25) is 0 Å². The standard InChI is InChI=1S/C24H27N7O3/c1-26-21(14-18(25)23-27-19-4-2-3-5-20(19)28-23)29-24(34)16-6-8-17(9-7-16)31-12-10-30(11-13-31)15-22(32)33/h2-9,14H,10-13,15,25H2,1H3,(H,27,28)(H,32,33)(H,26,29,34)/b18-14-. The molecule has 3 aromatic rings. The van der Waals surface area contributed by atoms with Gasteiger partial charge in [-0.15, -0.1) is 0 Å². The molecule has 1 fully saturated rings. The summed E-state index contributed by atoms with van der Waals surface area (Å²) in [6, 6.07) is 14.9. The van der Waals surface area contributed by atoms with E-state index in [1.54, 1.807) is 25.3 Å². The number of nitrogens with two attached hydrogens (primary N) is 1. The van der Waals surface area contributed by atoms with Crippen molar-refractivity contribution in [2.45, 2.75) is 0 Å². The molecule has 2 aromatic carbocycles. The second-order valence-corrected chi connectivity index (χ2v) is 7.97. The van der Waals surface area contributed by atoms with Crippen molar-refractivity contribution in [3.63, 3.8) is 0 Å². The predicted octanol–water partition coefficient (Wildman–Crippen LogP) is 1.53. The van der Waals surface area contributed by atoms with Gasteiger partial charge in [0.15, 0.2) is 5.82 Å². The Morgan fingerprint density at radius 1 is 1.15 bits per heavy atom. The van der Waals surface area contributed by atoms with Gasteiger partial charge in [0.25, 0.3) is 5.91 Å². The molecule has 1 amide bonds. The van der Waals surface area contributed by atoms with E-state index in [1.165, 1.54) is 0 Å². The highest BCUT2D eigenvalue weighted by Crippen LogP contribution is 2.18. The SMILES string of the molecule is CN=C(/C=C(\N)c1nc2ccccc2[nH]1)NC(=O)c1ccc(N2CCN(CC(=O)O)CC2)cc1. The maximum atomic E-state index is 12.7. The number of nitrogens with one attached hydrogen (secondary N) is 2. The first-order valence-corrected chi connectivity index (χ1v) is 10.9. The Hall–Kier alpha value is -4.18. The van der Waals surface area contributed by atoms with Crippen LogP contribution in [0.4, 0.5) is 5.69 Å². The van der Waals surface area contributed by atoms with Crippen LogP contribution in [0.15, 0.2) is 59.6 Å². The molecule has 4 rings (SSSR count). The van der Waals surface area contributed by atoms with Crippen LogP contribution in [-0.2, 0) is 4.79 Å². The van der Waals surface area contributed by atoms with Crippen molar-refractivity contribution in [3.8, 4) is 0 Å². The smallest absolute Gasteiger partial charge is 0.317 e. The van der Waals surface area contributed by atoms with Crippen LogP contribution in [-0.4, -0.2) is 77.5 Å². The van der Waals surface area contributed by atoms with Crippen LogP contribution in [0.25, 0.3) is 16.7 Å². The first kappa shape index (κ1) is 23.0. The van der Waals surface area contributed by atoms with E-state index in [0.29, 0.717) is 36.0 Å². The van der Waals surface area contributed by atoms with Crippen molar-refractivity contribution in [1.29, 1.82) is 0 Å². The lowest BCUT2D eigenvalue weighted by Crippen LogP contribution is -2.48. The maximum Gasteiger partial charge on any atom is 0.317 e. The number of carboxylic acid groups (broad SMARTS) is 1. The van der Waals surface area contributed by atoms with E-state index in [0.717, 1.165) is 29.8 Å². The van der Waals surface area contributed by atoms with Gasteiger partial charge in [0, 0.05) is 50.6 Å². The molecule has 0 atom stereocenters. The zero-order chi connectivity index (χ0) is 24.1. The fourth-order valence-corrected chi connectivity index (χ4v) is 3.83. The van der Waals surface area contributed by atoms with Crippen LogP contribution in [0.5, 0.6) is 0 Å². The molecule has 10 nitrogen and oxygen atoms in total. The topological polar surface area (TPSA) is 140 Å². The Morgan fingerprint density at radius 2 is 1.85 bits per heavy atom. The second-order valence-electron chi connectivity index (χ2n) is 7.97.